The van der Waals surface area contributed by atoms with Crippen molar-refractivity contribution in [3.05, 3.63) is 46.7 Å². The number of benzene rings is 1. The van der Waals surface area contributed by atoms with Gasteiger partial charge in [0.15, 0.2) is 0 Å². The van der Waals surface area contributed by atoms with Crippen LogP contribution in [0.2, 0.25) is 5.02 Å². The van der Waals surface area contributed by atoms with Gasteiger partial charge in [-0.2, -0.15) is 0 Å². The zero-order chi connectivity index (χ0) is 18.4. The van der Waals surface area contributed by atoms with Crippen LogP contribution in [0.3, 0.4) is 0 Å². The highest BCUT2D eigenvalue weighted by atomic mass is 35.5. The zero-order valence-corrected chi connectivity index (χ0v) is 15.7. The first-order valence-electron chi connectivity index (χ1n) is 9.57. The predicted octanol–water partition coefficient (Wildman–Crippen LogP) is 3.76. The monoisotopic (exact) mass is 383 g/mol. The molecule has 6 nitrogen and oxygen atoms in total. The Labute approximate surface area is 163 Å². The van der Waals surface area contributed by atoms with Gasteiger partial charge in [0, 0.05) is 42.5 Å². The van der Waals surface area contributed by atoms with Crippen molar-refractivity contribution in [1.82, 2.24) is 14.9 Å². The highest BCUT2D eigenvalue weighted by Crippen LogP contribution is 2.42. The minimum atomic E-state index is -0.0747. The number of urea groups is 1. The van der Waals surface area contributed by atoms with E-state index in [0.29, 0.717) is 23.4 Å². The van der Waals surface area contributed by atoms with Crippen molar-refractivity contribution < 1.29 is 4.79 Å². The molecule has 0 unspecified atom stereocenters. The summed E-state index contributed by atoms with van der Waals surface area (Å²) in [5.41, 5.74) is 3.07. The average Bonchev–Trinajstić information content (AvgIpc) is 3.29. The quantitative estimate of drug-likeness (QED) is 0.843. The fraction of sp³-hybridized carbons (Fsp3) is 0.450. The Morgan fingerprint density at radius 1 is 1.30 bits per heavy atom. The van der Waals surface area contributed by atoms with Gasteiger partial charge in [-0.25, -0.2) is 14.8 Å². The van der Waals surface area contributed by atoms with E-state index in [0.717, 1.165) is 42.8 Å². The molecule has 2 atom stereocenters. The summed E-state index contributed by atoms with van der Waals surface area (Å²) >= 11 is 6.00. The molecule has 0 spiro atoms. The Bertz CT molecular complexity index is 884. The molecular formula is C20H22ClN5O. The molecule has 2 N–H and O–H groups in total. The third-order valence-corrected chi connectivity index (χ3v) is 6.02. The molecule has 2 heterocycles. The Kier molecular flexibility index (Phi) is 4.16. The van der Waals surface area contributed by atoms with Gasteiger partial charge >= 0.3 is 6.03 Å². The van der Waals surface area contributed by atoms with Crippen LogP contribution in [-0.2, 0) is 6.42 Å². The van der Waals surface area contributed by atoms with Gasteiger partial charge in [0.05, 0.1) is 5.69 Å². The van der Waals surface area contributed by atoms with E-state index < -0.39 is 0 Å². The lowest BCUT2D eigenvalue weighted by atomic mass is 9.99. The maximum Gasteiger partial charge on any atom is 0.321 e. The van der Waals surface area contributed by atoms with Crippen LogP contribution in [-0.4, -0.2) is 40.5 Å². The number of amides is 2. The van der Waals surface area contributed by atoms with Crippen LogP contribution < -0.4 is 10.6 Å². The molecule has 3 aliphatic rings. The highest BCUT2D eigenvalue weighted by Gasteiger charge is 2.43. The van der Waals surface area contributed by atoms with Crippen molar-refractivity contribution in [3.63, 3.8) is 0 Å². The lowest BCUT2D eigenvalue weighted by Gasteiger charge is -2.18. The van der Waals surface area contributed by atoms with Crippen molar-refractivity contribution >= 4 is 29.3 Å². The third kappa shape index (κ3) is 3.46. The number of nitrogens with one attached hydrogen (secondary N) is 2. The Hall–Kier alpha value is -2.34. The smallest absolute Gasteiger partial charge is 0.321 e. The fourth-order valence-electron chi connectivity index (χ4n) is 4.15. The SMILES string of the molecule is O=C(Nc1cccc(Cl)c1)N1C[C@H]2Cc3cnc(NCC4CC4)nc3[C@H]2C1. The Balaban J connectivity index is 1.26. The van der Waals surface area contributed by atoms with Crippen LogP contribution in [0, 0.1) is 11.8 Å². The molecule has 7 heteroatoms. The number of carbonyl (C=O) groups is 1. The van der Waals surface area contributed by atoms with Crippen molar-refractivity contribution in [2.75, 3.05) is 30.3 Å². The van der Waals surface area contributed by atoms with Crippen molar-refractivity contribution in [2.45, 2.75) is 25.2 Å². The van der Waals surface area contributed by atoms with Crippen LogP contribution in [0.4, 0.5) is 16.4 Å². The highest BCUT2D eigenvalue weighted by molar-refractivity contribution is 6.30. The van der Waals surface area contributed by atoms with Crippen LogP contribution in [0.25, 0.3) is 0 Å². The van der Waals surface area contributed by atoms with Gasteiger partial charge in [0.1, 0.15) is 0 Å². The molecular weight excluding hydrogens is 362 g/mol. The fourth-order valence-corrected chi connectivity index (χ4v) is 4.34. The number of anilines is 2. The van der Waals surface area contributed by atoms with E-state index >= 15 is 0 Å². The summed E-state index contributed by atoms with van der Waals surface area (Å²) in [6, 6.07) is 7.16. The Morgan fingerprint density at radius 2 is 2.19 bits per heavy atom. The summed E-state index contributed by atoms with van der Waals surface area (Å²) in [6.07, 6.45) is 5.52. The summed E-state index contributed by atoms with van der Waals surface area (Å²) in [7, 11) is 0. The van der Waals surface area contributed by atoms with Crippen LogP contribution >= 0.6 is 11.6 Å². The van der Waals surface area contributed by atoms with Gasteiger partial charge in [-0.05, 0) is 54.9 Å². The van der Waals surface area contributed by atoms with Gasteiger partial charge in [-0.15, -0.1) is 0 Å². The number of carbonyl (C=O) groups excluding carboxylic acids is 1. The second kappa shape index (κ2) is 6.68. The minimum Gasteiger partial charge on any atom is -0.354 e. The minimum absolute atomic E-state index is 0.0747. The molecule has 140 valence electrons. The molecule has 27 heavy (non-hydrogen) atoms. The van der Waals surface area contributed by atoms with E-state index in [9.17, 15) is 4.79 Å². The number of aromatic nitrogens is 2. The second-order valence-corrected chi connectivity index (χ2v) is 8.28. The van der Waals surface area contributed by atoms with Crippen LogP contribution in [0.1, 0.15) is 30.0 Å². The van der Waals surface area contributed by atoms with Crippen LogP contribution in [0.5, 0.6) is 0 Å². The van der Waals surface area contributed by atoms with E-state index in [1.54, 1.807) is 12.1 Å². The molecule has 2 aromatic rings. The first-order chi connectivity index (χ1) is 13.2. The molecule has 1 aromatic heterocycles. The lowest BCUT2D eigenvalue weighted by Crippen LogP contribution is -2.33. The molecule has 1 aromatic carbocycles. The maximum absolute atomic E-state index is 12.6. The topological polar surface area (TPSA) is 70.2 Å². The predicted molar refractivity (Wildman–Crippen MR) is 105 cm³/mol. The maximum atomic E-state index is 12.6. The van der Waals surface area contributed by atoms with E-state index in [1.165, 1.54) is 18.4 Å². The number of hydrogen-bond donors (Lipinski definition) is 2. The summed E-state index contributed by atoms with van der Waals surface area (Å²) in [5, 5.41) is 6.92. The summed E-state index contributed by atoms with van der Waals surface area (Å²) in [6.45, 7) is 2.41. The summed E-state index contributed by atoms with van der Waals surface area (Å²) in [4.78, 5) is 23.8. The normalized spacial score (nSPS) is 23.1. The van der Waals surface area contributed by atoms with Gasteiger partial charge in [0.2, 0.25) is 5.95 Å². The largest absolute Gasteiger partial charge is 0.354 e. The zero-order valence-electron chi connectivity index (χ0n) is 15.0. The molecule has 1 saturated carbocycles. The first kappa shape index (κ1) is 16.8. The van der Waals surface area contributed by atoms with E-state index in [1.807, 2.05) is 23.2 Å². The molecule has 5 rings (SSSR count). The standard InChI is InChI=1S/C20H22ClN5O/c21-15-2-1-3-16(7-15)24-20(27)26-10-14-6-13-9-23-19(22-8-12-4-5-12)25-18(13)17(14)11-26/h1-3,7,9,12,14,17H,4-6,8,10-11H2,(H,24,27)(H,22,23,25)/t14-,17+/m1/s1. The lowest BCUT2D eigenvalue weighted by molar-refractivity contribution is 0.220. The summed E-state index contributed by atoms with van der Waals surface area (Å²) < 4.78 is 0. The van der Waals surface area contributed by atoms with Crippen molar-refractivity contribution in [3.8, 4) is 0 Å². The van der Waals surface area contributed by atoms with Gasteiger partial charge in [0.25, 0.3) is 0 Å². The first-order valence-corrected chi connectivity index (χ1v) is 9.94. The van der Waals surface area contributed by atoms with Crippen molar-refractivity contribution in [1.29, 1.82) is 0 Å². The number of halogens is 1. The molecule has 0 bridgehead atoms. The second-order valence-electron chi connectivity index (χ2n) is 7.84. The molecule has 1 aliphatic heterocycles. The molecule has 0 radical (unpaired) electrons. The number of rotatable bonds is 4. The van der Waals surface area contributed by atoms with Gasteiger partial charge in [-0.1, -0.05) is 17.7 Å². The number of nitrogens with zero attached hydrogens (tertiary/aromatic N) is 3. The van der Waals surface area contributed by atoms with E-state index in [-0.39, 0.29) is 6.03 Å². The molecule has 2 fully saturated rings. The number of hydrogen-bond acceptors (Lipinski definition) is 4. The van der Waals surface area contributed by atoms with Crippen molar-refractivity contribution in [2.24, 2.45) is 11.8 Å². The van der Waals surface area contributed by atoms with E-state index in [4.69, 9.17) is 16.6 Å². The van der Waals surface area contributed by atoms with Crippen LogP contribution in [0.15, 0.2) is 30.5 Å². The number of likely N-dealkylation sites (tertiary alicyclic amines) is 1. The summed E-state index contributed by atoms with van der Waals surface area (Å²) in [5.74, 6) is 2.24. The van der Waals surface area contributed by atoms with Gasteiger partial charge < -0.3 is 15.5 Å². The molecule has 1 saturated heterocycles. The molecule has 2 aliphatic carbocycles. The Morgan fingerprint density at radius 3 is 3.00 bits per heavy atom. The average molecular weight is 384 g/mol. The number of fused-ring (bicyclic) bond motifs is 3. The molecule has 2 amide bonds. The van der Waals surface area contributed by atoms with Gasteiger partial charge in [-0.3, -0.25) is 0 Å². The third-order valence-electron chi connectivity index (χ3n) is 5.78. The van der Waals surface area contributed by atoms with E-state index in [2.05, 4.69) is 15.6 Å².